The summed E-state index contributed by atoms with van der Waals surface area (Å²) in [5.74, 6) is 1.61. The van der Waals surface area contributed by atoms with Crippen LogP contribution < -0.4 is 9.47 Å². The van der Waals surface area contributed by atoms with Gasteiger partial charge in [0.15, 0.2) is 11.5 Å². The van der Waals surface area contributed by atoms with Gasteiger partial charge >= 0.3 is 0 Å². The summed E-state index contributed by atoms with van der Waals surface area (Å²) in [6.45, 7) is 0. The third-order valence-corrected chi connectivity index (χ3v) is 5.46. The molecule has 0 unspecified atom stereocenters. The minimum absolute atomic E-state index is 0.199. The fourth-order valence-corrected chi connectivity index (χ4v) is 4.22. The number of ether oxygens (including phenoxy) is 3. The molecule has 0 saturated heterocycles. The van der Waals surface area contributed by atoms with Gasteiger partial charge in [0, 0.05) is 5.92 Å². The van der Waals surface area contributed by atoms with Crippen LogP contribution in [0.3, 0.4) is 0 Å². The maximum absolute atomic E-state index is 13.4. The van der Waals surface area contributed by atoms with Crippen LogP contribution in [0.1, 0.15) is 54.4 Å². The van der Waals surface area contributed by atoms with Crippen molar-refractivity contribution in [2.75, 3.05) is 14.2 Å². The molecule has 132 valence electrons. The number of hydrogen-bond donors (Lipinski definition) is 0. The summed E-state index contributed by atoms with van der Waals surface area (Å²) in [5.41, 5.74) is 3.36. The van der Waals surface area contributed by atoms with Crippen LogP contribution in [0.2, 0.25) is 0 Å². The molecule has 1 aliphatic heterocycles. The number of benzene rings is 2. The Labute approximate surface area is 147 Å². The highest BCUT2D eigenvalue weighted by molar-refractivity contribution is 5.52. The number of halogens is 1. The van der Waals surface area contributed by atoms with E-state index in [1.54, 1.807) is 14.2 Å². The summed E-state index contributed by atoms with van der Waals surface area (Å²) in [6.07, 6.45) is 4.61. The lowest BCUT2D eigenvalue weighted by molar-refractivity contribution is -0.0391. The van der Waals surface area contributed by atoms with Gasteiger partial charge in [0.05, 0.1) is 20.3 Å². The van der Waals surface area contributed by atoms with Gasteiger partial charge in [-0.2, -0.15) is 0 Å². The monoisotopic (exact) mass is 342 g/mol. The Morgan fingerprint density at radius 2 is 1.56 bits per heavy atom. The lowest BCUT2D eigenvalue weighted by Crippen LogP contribution is -2.33. The van der Waals surface area contributed by atoms with Gasteiger partial charge in [-0.25, -0.2) is 4.39 Å². The first-order valence-electron chi connectivity index (χ1n) is 8.88. The zero-order valence-electron chi connectivity index (χ0n) is 14.6. The second-order valence-corrected chi connectivity index (χ2v) is 6.83. The van der Waals surface area contributed by atoms with E-state index >= 15 is 0 Å². The van der Waals surface area contributed by atoms with Gasteiger partial charge in [0.2, 0.25) is 0 Å². The SMILES string of the molecule is COc1cc2c(cc1OC)[C@H]1CCCC[C@@H]1O[C@H]2c1ccc(F)cc1. The van der Waals surface area contributed by atoms with E-state index in [2.05, 4.69) is 6.07 Å². The predicted molar refractivity (Wildman–Crippen MR) is 93.9 cm³/mol. The quantitative estimate of drug-likeness (QED) is 0.786. The molecule has 4 heteroatoms. The van der Waals surface area contributed by atoms with E-state index in [9.17, 15) is 4.39 Å². The average molecular weight is 342 g/mol. The lowest BCUT2D eigenvalue weighted by atomic mass is 9.76. The Balaban J connectivity index is 1.85. The summed E-state index contributed by atoms with van der Waals surface area (Å²) in [7, 11) is 3.31. The smallest absolute Gasteiger partial charge is 0.161 e. The molecule has 2 aliphatic rings. The zero-order chi connectivity index (χ0) is 17.4. The first-order valence-corrected chi connectivity index (χ1v) is 8.88. The van der Waals surface area contributed by atoms with Crippen LogP contribution >= 0.6 is 0 Å². The topological polar surface area (TPSA) is 27.7 Å². The van der Waals surface area contributed by atoms with Crippen LogP contribution in [-0.4, -0.2) is 20.3 Å². The van der Waals surface area contributed by atoms with Crippen LogP contribution in [0, 0.1) is 5.82 Å². The first-order chi connectivity index (χ1) is 12.2. The minimum Gasteiger partial charge on any atom is -0.493 e. The Morgan fingerprint density at radius 1 is 0.920 bits per heavy atom. The Hall–Kier alpha value is -2.07. The number of hydrogen-bond acceptors (Lipinski definition) is 3. The van der Waals surface area contributed by atoms with Crippen molar-refractivity contribution in [3.8, 4) is 11.5 Å². The van der Waals surface area contributed by atoms with Crippen molar-refractivity contribution >= 4 is 0 Å². The normalized spacial score (nSPS) is 25.0. The summed E-state index contributed by atoms with van der Waals surface area (Å²) in [4.78, 5) is 0. The Morgan fingerprint density at radius 3 is 2.24 bits per heavy atom. The molecule has 2 aromatic carbocycles. The second kappa shape index (κ2) is 6.68. The molecule has 25 heavy (non-hydrogen) atoms. The van der Waals surface area contributed by atoms with Crippen molar-refractivity contribution in [2.45, 2.75) is 43.8 Å². The predicted octanol–water partition coefficient (Wildman–Crippen LogP) is 4.99. The van der Waals surface area contributed by atoms with Crippen molar-refractivity contribution in [3.05, 3.63) is 58.9 Å². The van der Waals surface area contributed by atoms with E-state index in [-0.39, 0.29) is 18.0 Å². The van der Waals surface area contributed by atoms with E-state index in [1.165, 1.54) is 30.5 Å². The molecule has 2 aromatic rings. The zero-order valence-corrected chi connectivity index (χ0v) is 14.6. The van der Waals surface area contributed by atoms with E-state index in [4.69, 9.17) is 14.2 Å². The van der Waals surface area contributed by atoms with E-state index in [0.717, 1.165) is 29.7 Å². The molecule has 1 aliphatic carbocycles. The van der Waals surface area contributed by atoms with Crippen LogP contribution in [0.4, 0.5) is 4.39 Å². The lowest BCUT2D eigenvalue weighted by Gasteiger charge is -2.41. The molecule has 0 N–H and O–H groups in total. The highest BCUT2D eigenvalue weighted by atomic mass is 19.1. The summed E-state index contributed by atoms with van der Waals surface area (Å²) in [6, 6.07) is 10.7. The van der Waals surface area contributed by atoms with Crippen molar-refractivity contribution in [1.29, 1.82) is 0 Å². The van der Waals surface area contributed by atoms with E-state index in [0.29, 0.717) is 11.7 Å². The molecule has 3 nitrogen and oxygen atoms in total. The van der Waals surface area contributed by atoms with Crippen molar-refractivity contribution in [2.24, 2.45) is 0 Å². The number of fused-ring (bicyclic) bond motifs is 3. The fourth-order valence-electron chi connectivity index (χ4n) is 4.22. The van der Waals surface area contributed by atoms with E-state index in [1.807, 2.05) is 18.2 Å². The number of rotatable bonds is 3. The molecule has 3 atom stereocenters. The van der Waals surface area contributed by atoms with Gasteiger partial charge in [-0.05, 0) is 53.8 Å². The Kier molecular flexibility index (Phi) is 4.38. The molecular weight excluding hydrogens is 319 g/mol. The van der Waals surface area contributed by atoms with Crippen LogP contribution in [0.25, 0.3) is 0 Å². The largest absolute Gasteiger partial charge is 0.493 e. The summed E-state index contributed by atoms with van der Waals surface area (Å²) < 4.78 is 30.9. The highest BCUT2D eigenvalue weighted by Crippen LogP contribution is 2.49. The summed E-state index contributed by atoms with van der Waals surface area (Å²) in [5, 5.41) is 0. The van der Waals surface area contributed by atoms with Crippen molar-refractivity contribution in [3.63, 3.8) is 0 Å². The molecule has 0 bridgehead atoms. The third-order valence-electron chi connectivity index (χ3n) is 5.46. The molecule has 1 heterocycles. The number of methoxy groups -OCH3 is 2. The maximum Gasteiger partial charge on any atom is 0.161 e. The molecule has 0 spiro atoms. The molecule has 1 fully saturated rings. The molecular formula is C21H23FO3. The molecule has 0 radical (unpaired) electrons. The van der Waals surface area contributed by atoms with Crippen LogP contribution in [0.15, 0.2) is 36.4 Å². The maximum atomic E-state index is 13.4. The fraction of sp³-hybridized carbons (Fsp3) is 0.429. The van der Waals surface area contributed by atoms with Gasteiger partial charge in [-0.3, -0.25) is 0 Å². The van der Waals surface area contributed by atoms with Gasteiger partial charge in [0.1, 0.15) is 11.9 Å². The molecule has 1 saturated carbocycles. The molecule has 0 aromatic heterocycles. The van der Waals surface area contributed by atoms with Gasteiger partial charge < -0.3 is 14.2 Å². The Bertz CT molecular complexity index is 756. The van der Waals surface area contributed by atoms with Crippen molar-refractivity contribution < 1.29 is 18.6 Å². The minimum atomic E-state index is -0.234. The van der Waals surface area contributed by atoms with Gasteiger partial charge in [-0.1, -0.05) is 25.0 Å². The van der Waals surface area contributed by atoms with Crippen LogP contribution in [-0.2, 0) is 4.74 Å². The standard InChI is InChI=1S/C21H23FO3/c1-23-19-11-16-15-5-3-4-6-18(15)25-21(17(16)12-20(19)24-2)13-7-9-14(22)10-8-13/h7-12,15,18,21H,3-6H2,1-2H3/t15-,18+,21+/m1/s1. The molecule has 0 amide bonds. The second-order valence-electron chi connectivity index (χ2n) is 6.83. The van der Waals surface area contributed by atoms with Crippen molar-refractivity contribution in [1.82, 2.24) is 0 Å². The summed E-state index contributed by atoms with van der Waals surface area (Å²) >= 11 is 0. The third kappa shape index (κ3) is 2.89. The van der Waals surface area contributed by atoms with Gasteiger partial charge in [-0.15, -0.1) is 0 Å². The average Bonchev–Trinajstić information content (AvgIpc) is 2.67. The molecule has 4 rings (SSSR count). The first kappa shape index (κ1) is 16.4. The highest BCUT2D eigenvalue weighted by Gasteiger charge is 2.38. The van der Waals surface area contributed by atoms with Gasteiger partial charge in [0.25, 0.3) is 0 Å². The van der Waals surface area contributed by atoms with Crippen LogP contribution in [0.5, 0.6) is 11.5 Å². The van der Waals surface area contributed by atoms with E-state index < -0.39 is 0 Å².